The van der Waals surface area contributed by atoms with Crippen LogP contribution in [0.5, 0.6) is 0 Å². The SMILES string of the molecule is CCCCC(=O)NC1CCN(c2ccc(S(=O)(=O)CC)cc2)CC1. The monoisotopic (exact) mass is 352 g/mol. The molecule has 1 N–H and O–H groups in total. The molecule has 2 rings (SSSR count). The molecule has 0 spiro atoms. The van der Waals surface area contributed by atoms with E-state index in [-0.39, 0.29) is 17.7 Å². The van der Waals surface area contributed by atoms with Crippen LogP contribution in [0, 0.1) is 0 Å². The fourth-order valence-corrected chi connectivity index (χ4v) is 3.83. The Labute approximate surface area is 145 Å². The number of hydrogen-bond acceptors (Lipinski definition) is 4. The molecule has 1 aliphatic rings. The maximum absolute atomic E-state index is 11.9. The normalized spacial score (nSPS) is 16.2. The first-order valence-corrected chi connectivity index (χ1v) is 10.5. The molecule has 1 fully saturated rings. The zero-order chi connectivity index (χ0) is 17.6. The van der Waals surface area contributed by atoms with Crippen molar-refractivity contribution in [2.75, 3.05) is 23.7 Å². The van der Waals surface area contributed by atoms with E-state index in [2.05, 4.69) is 17.1 Å². The quantitative estimate of drug-likeness (QED) is 0.819. The first-order chi connectivity index (χ1) is 11.5. The number of carbonyl (C=O) groups is 1. The van der Waals surface area contributed by atoms with Crippen LogP contribution in [0.25, 0.3) is 0 Å². The summed E-state index contributed by atoms with van der Waals surface area (Å²) in [6, 6.07) is 7.38. The van der Waals surface area contributed by atoms with E-state index in [9.17, 15) is 13.2 Å². The third-order valence-electron chi connectivity index (χ3n) is 4.56. The number of anilines is 1. The maximum atomic E-state index is 11.9. The van der Waals surface area contributed by atoms with Gasteiger partial charge in [-0.25, -0.2) is 8.42 Å². The van der Waals surface area contributed by atoms with Gasteiger partial charge in [0.1, 0.15) is 0 Å². The van der Waals surface area contributed by atoms with Crippen LogP contribution in [0.1, 0.15) is 46.0 Å². The van der Waals surface area contributed by atoms with Crippen LogP contribution in [-0.2, 0) is 14.6 Å². The van der Waals surface area contributed by atoms with E-state index in [0.29, 0.717) is 11.3 Å². The fourth-order valence-electron chi connectivity index (χ4n) is 2.95. The molecule has 24 heavy (non-hydrogen) atoms. The molecular formula is C18H28N2O3S. The number of carbonyl (C=O) groups excluding carboxylic acids is 1. The van der Waals surface area contributed by atoms with Crippen molar-refractivity contribution < 1.29 is 13.2 Å². The second-order valence-corrected chi connectivity index (χ2v) is 8.61. The van der Waals surface area contributed by atoms with E-state index >= 15 is 0 Å². The van der Waals surface area contributed by atoms with Gasteiger partial charge in [-0.1, -0.05) is 20.3 Å². The number of rotatable bonds is 7. The molecule has 1 aromatic carbocycles. The van der Waals surface area contributed by atoms with Crippen LogP contribution >= 0.6 is 0 Å². The lowest BCUT2D eigenvalue weighted by Gasteiger charge is -2.34. The number of nitrogens with zero attached hydrogens (tertiary/aromatic N) is 1. The average Bonchev–Trinajstić information content (AvgIpc) is 2.61. The Balaban J connectivity index is 1.87. The topological polar surface area (TPSA) is 66.5 Å². The van der Waals surface area contributed by atoms with Gasteiger partial charge in [0.25, 0.3) is 0 Å². The summed E-state index contributed by atoms with van der Waals surface area (Å²) in [6.07, 6.45) is 4.44. The molecule has 6 heteroatoms. The molecule has 1 saturated heterocycles. The van der Waals surface area contributed by atoms with Gasteiger partial charge in [-0.2, -0.15) is 0 Å². The van der Waals surface area contributed by atoms with Crippen LogP contribution < -0.4 is 10.2 Å². The van der Waals surface area contributed by atoms with Crippen molar-refractivity contribution in [2.24, 2.45) is 0 Å². The highest BCUT2D eigenvalue weighted by molar-refractivity contribution is 7.91. The summed E-state index contributed by atoms with van der Waals surface area (Å²) in [5.74, 6) is 0.277. The van der Waals surface area contributed by atoms with Gasteiger partial charge in [0.15, 0.2) is 9.84 Å². The number of benzene rings is 1. The fraction of sp³-hybridized carbons (Fsp3) is 0.611. The second-order valence-electron chi connectivity index (χ2n) is 6.33. The maximum Gasteiger partial charge on any atom is 0.220 e. The summed E-state index contributed by atoms with van der Waals surface area (Å²) in [6.45, 7) is 5.49. The van der Waals surface area contributed by atoms with Crippen molar-refractivity contribution >= 4 is 21.4 Å². The third kappa shape index (κ3) is 4.97. The van der Waals surface area contributed by atoms with Crippen LogP contribution in [0.3, 0.4) is 0 Å². The molecule has 1 heterocycles. The Morgan fingerprint density at radius 3 is 2.33 bits per heavy atom. The van der Waals surface area contributed by atoms with E-state index in [1.54, 1.807) is 19.1 Å². The highest BCUT2D eigenvalue weighted by Crippen LogP contribution is 2.22. The summed E-state index contributed by atoms with van der Waals surface area (Å²) in [4.78, 5) is 14.4. The standard InChI is InChI=1S/C18H28N2O3S/c1-3-5-6-18(21)19-15-11-13-20(14-12-15)16-7-9-17(10-8-16)24(22,23)4-2/h7-10,15H,3-6,11-14H2,1-2H3,(H,19,21). The molecule has 0 atom stereocenters. The molecule has 5 nitrogen and oxygen atoms in total. The molecule has 1 amide bonds. The first kappa shape index (κ1) is 18.8. The van der Waals surface area contributed by atoms with E-state index in [1.165, 1.54) is 0 Å². The summed E-state index contributed by atoms with van der Waals surface area (Å²) < 4.78 is 23.7. The minimum atomic E-state index is -3.14. The van der Waals surface area contributed by atoms with Gasteiger partial charge in [0.05, 0.1) is 10.6 Å². The predicted molar refractivity (Wildman–Crippen MR) is 97.1 cm³/mol. The zero-order valence-corrected chi connectivity index (χ0v) is 15.4. The molecule has 0 radical (unpaired) electrons. The number of piperidine rings is 1. The van der Waals surface area contributed by atoms with Gasteiger partial charge in [0.2, 0.25) is 5.91 Å². The number of amides is 1. The molecule has 0 aliphatic carbocycles. The predicted octanol–water partition coefficient (Wildman–Crippen LogP) is 2.76. The molecule has 134 valence electrons. The molecule has 1 aromatic rings. The molecular weight excluding hydrogens is 324 g/mol. The van der Waals surface area contributed by atoms with Crippen molar-refractivity contribution in [3.05, 3.63) is 24.3 Å². The summed E-state index contributed by atoms with van der Waals surface area (Å²) >= 11 is 0. The molecule has 0 bridgehead atoms. The third-order valence-corrected chi connectivity index (χ3v) is 6.31. The Bertz CT molecular complexity index is 633. The van der Waals surface area contributed by atoms with Crippen molar-refractivity contribution in [3.63, 3.8) is 0 Å². The van der Waals surface area contributed by atoms with E-state index in [1.807, 2.05) is 12.1 Å². The van der Waals surface area contributed by atoms with Gasteiger partial charge in [0, 0.05) is 31.2 Å². The molecule has 1 aliphatic heterocycles. The highest BCUT2D eigenvalue weighted by atomic mass is 32.2. The van der Waals surface area contributed by atoms with Gasteiger partial charge in [-0.15, -0.1) is 0 Å². The van der Waals surface area contributed by atoms with Gasteiger partial charge < -0.3 is 10.2 Å². The number of unbranched alkanes of at least 4 members (excludes halogenated alkanes) is 1. The van der Waals surface area contributed by atoms with Crippen LogP contribution in [0.2, 0.25) is 0 Å². The molecule has 0 aromatic heterocycles. The van der Waals surface area contributed by atoms with E-state index in [4.69, 9.17) is 0 Å². The Hall–Kier alpha value is -1.56. The minimum absolute atomic E-state index is 0.121. The van der Waals surface area contributed by atoms with E-state index < -0.39 is 9.84 Å². The minimum Gasteiger partial charge on any atom is -0.371 e. The number of hydrogen-bond donors (Lipinski definition) is 1. The van der Waals surface area contributed by atoms with Crippen molar-refractivity contribution in [1.29, 1.82) is 0 Å². The number of sulfone groups is 1. The molecule has 0 saturated carbocycles. The summed E-state index contributed by atoms with van der Waals surface area (Å²) in [7, 11) is -3.14. The van der Waals surface area contributed by atoms with Crippen LogP contribution in [-0.4, -0.2) is 39.2 Å². The van der Waals surface area contributed by atoms with Gasteiger partial charge in [-0.05, 0) is 43.5 Å². The highest BCUT2D eigenvalue weighted by Gasteiger charge is 2.21. The Kier molecular flexibility index (Phi) is 6.66. The van der Waals surface area contributed by atoms with Crippen LogP contribution in [0.15, 0.2) is 29.2 Å². The smallest absolute Gasteiger partial charge is 0.220 e. The lowest BCUT2D eigenvalue weighted by Crippen LogP contribution is -2.44. The van der Waals surface area contributed by atoms with E-state index in [0.717, 1.165) is 44.5 Å². The molecule has 0 unspecified atom stereocenters. The van der Waals surface area contributed by atoms with Crippen molar-refractivity contribution in [3.8, 4) is 0 Å². The van der Waals surface area contributed by atoms with Crippen molar-refractivity contribution in [1.82, 2.24) is 5.32 Å². The summed E-state index contributed by atoms with van der Waals surface area (Å²) in [5.41, 5.74) is 1.04. The average molecular weight is 353 g/mol. The Morgan fingerprint density at radius 1 is 1.17 bits per heavy atom. The lowest BCUT2D eigenvalue weighted by molar-refractivity contribution is -0.122. The van der Waals surface area contributed by atoms with Gasteiger partial charge >= 0.3 is 0 Å². The largest absolute Gasteiger partial charge is 0.371 e. The number of nitrogens with one attached hydrogen (secondary N) is 1. The second kappa shape index (κ2) is 8.51. The zero-order valence-electron chi connectivity index (χ0n) is 14.6. The van der Waals surface area contributed by atoms with Crippen LogP contribution in [0.4, 0.5) is 5.69 Å². The summed E-state index contributed by atoms with van der Waals surface area (Å²) in [5, 5.41) is 3.12. The van der Waals surface area contributed by atoms with Gasteiger partial charge in [-0.3, -0.25) is 4.79 Å². The first-order valence-electron chi connectivity index (χ1n) is 8.83. The lowest BCUT2D eigenvalue weighted by atomic mass is 10.0. The Morgan fingerprint density at radius 2 is 1.79 bits per heavy atom. The van der Waals surface area contributed by atoms with Crippen molar-refractivity contribution in [2.45, 2.75) is 56.9 Å².